The van der Waals surface area contributed by atoms with Gasteiger partial charge in [-0.2, -0.15) is 0 Å². The Morgan fingerprint density at radius 1 is 1.10 bits per heavy atom. The van der Waals surface area contributed by atoms with Gasteiger partial charge >= 0.3 is 0 Å². The number of nitrogens with zero attached hydrogens (tertiary/aromatic N) is 3. The fraction of sp³-hybridized carbons (Fsp3) is 0.667. The lowest BCUT2D eigenvalue weighted by Gasteiger charge is -2.41. The average Bonchev–Trinajstić information content (AvgIpc) is 2.71. The minimum absolute atomic E-state index is 0.0683. The highest BCUT2D eigenvalue weighted by atomic mass is 32.2. The summed E-state index contributed by atoms with van der Waals surface area (Å²) in [6.07, 6.45) is 3.88. The van der Waals surface area contributed by atoms with Crippen molar-refractivity contribution in [3.63, 3.8) is 0 Å². The molecule has 0 radical (unpaired) electrons. The summed E-state index contributed by atoms with van der Waals surface area (Å²) in [7, 11) is -0.331. The molecule has 1 aliphatic heterocycles. The molecule has 0 amide bonds. The van der Waals surface area contributed by atoms with E-state index in [0.717, 1.165) is 37.7 Å². The van der Waals surface area contributed by atoms with E-state index in [2.05, 4.69) is 34.4 Å². The Labute approximate surface area is 176 Å². The summed E-state index contributed by atoms with van der Waals surface area (Å²) >= 11 is 0. The molecule has 1 aromatic rings. The van der Waals surface area contributed by atoms with Crippen LogP contribution in [0.4, 0.5) is 0 Å². The first-order chi connectivity index (χ1) is 13.7. The Balaban J connectivity index is 1.99. The van der Waals surface area contributed by atoms with Crippen LogP contribution in [0.2, 0.25) is 0 Å². The molecular formula is C21H37N5O2S. The minimum Gasteiger partial charge on any atom is -0.357 e. The van der Waals surface area contributed by atoms with Gasteiger partial charge in [-0.15, -0.1) is 0 Å². The number of guanidine groups is 1. The predicted octanol–water partition coefficient (Wildman–Crippen LogP) is 2.26. The molecule has 8 heteroatoms. The van der Waals surface area contributed by atoms with Crippen LogP contribution < -0.4 is 10.6 Å². The van der Waals surface area contributed by atoms with Gasteiger partial charge in [0, 0.05) is 32.7 Å². The highest BCUT2D eigenvalue weighted by Crippen LogP contribution is 2.20. The molecule has 0 bridgehead atoms. The number of piperidine rings is 1. The molecule has 0 aliphatic carbocycles. The van der Waals surface area contributed by atoms with Gasteiger partial charge in [-0.25, -0.2) is 17.7 Å². The zero-order chi connectivity index (χ0) is 21.5. The van der Waals surface area contributed by atoms with Crippen molar-refractivity contribution in [2.24, 2.45) is 4.99 Å². The number of likely N-dealkylation sites (tertiary alicyclic amines) is 1. The van der Waals surface area contributed by atoms with Gasteiger partial charge < -0.3 is 10.6 Å². The molecule has 2 N–H and O–H groups in total. The number of nitrogens with one attached hydrogen (secondary N) is 2. The maximum Gasteiger partial charge on any atom is 0.242 e. The third kappa shape index (κ3) is 6.69. The second-order valence-electron chi connectivity index (χ2n) is 8.34. The van der Waals surface area contributed by atoms with E-state index < -0.39 is 10.0 Å². The monoisotopic (exact) mass is 423 g/mol. The fourth-order valence-electron chi connectivity index (χ4n) is 3.40. The summed E-state index contributed by atoms with van der Waals surface area (Å²) in [5.74, 6) is 0.780. The molecule has 1 aromatic carbocycles. The van der Waals surface area contributed by atoms with Crippen LogP contribution in [0, 0.1) is 0 Å². The number of hydrogen-bond acceptors (Lipinski definition) is 4. The summed E-state index contributed by atoms with van der Waals surface area (Å²) in [5, 5.41) is 6.77. The smallest absolute Gasteiger partial charge is 0.242 e. The molecule has 0 atom stereocenters. The van der Waals surface area contributed by atoms with Crippen molar-refractivity contribution in [1.29, 1.82) is 0 Å². The average molecular weight is 424 g/mol. The Morgan fingerprint density at radius 2 is 1.72 bits per heavy atom. The van der Waals surface area contributed by atoms with Crippen molar-refractivity contribution in [2.75, 3.05) is 40.3 Å². The quantitative estimate of drug-likeness (QED) is 0.495. The number of sulfonamides is 1. The van der Waals surface area contributed by atoms with Crippen LogP contribution in [0.1, 0.15) is 45.6 Å². The first-order valence-electron chi connectivity index (χ1n) is 10.5. The van der Waals surface area contributed by atoms with Gasteiger partial charge in [0.1, 0.15) is 0 Å². The van der Waals surface area contributed by atoms with Crippen LogP contribution >= 0.6 is 0 Å². The lowest BCUT2D eigenvalue weighted by molar-refractivity contribution is 0.0982. The van der Waals surface area contributed by atoms with E-state index in [1.54, 1.807) is 12.1 Å². The van der Waals surface area contributed by atoms with E-state index >= 15 is 0 Å². The molecule has 0 unspecified atom stereocenters. The maximum atomic E-state index is 12.2. The lowest BCUT2D eigenvalue weighted by Crippen LogP contribution is -2.54. The van der Waals surface area contributed by atoms with E-state index in [0.29, 0.717) is 11.4 Å². The molecular weight excluding hydrogens is 386 g/mol. The van der Waals surface area contributed by atoms with Crippen molar-refractivity contribution in [3.05, 3.63) is 29.8 Å². The molecule has 2 rings (SSSR count). The van der Waals surface area contributed by atoms with Gasteiger partial charge in [0.2, 0.25) is 10.0 Å². The van der Waals surface area contributed by atoms with E-state index in [1.165, 1.54) is 37.7 Å². The fourth-order valence-corrected chi connectivity index (χ4v) is 4.30. The Kier molecular flexibility index (Phi) is 8.48. The summed E-state index contributed by atoms with van der Waals surface area (Å²) in [5.41, 5.74) is 1.04. The first-order valence-corrected chi connectivity index (χ1v) is 11.9. The van der Waals surface area contributed by atoms with Crippen molar-refractivity contribution in [2.45, 2.75) is 57.0 Å². The van der Waals surface area contributed by atoms with Crippen LogP contribution in [0.5, 0.6) is 0 Å². The Morgan fingerprint density at radius 3 is 2.28 bits per heavy atom. The van der Waals surface area contributed by atoms with Crippen molar-refractivity contribution >= 4 is 16.0 Å². The molecule has 1 fully saturated rings. The van der Waals surface area contributed by atoms with Crippen molar-refractivity contribution in [1.82, 2.24) is 19.8 Å². The van der Waals surface area contributed by atoms with Crippen LogP contribution in [0.25, 0.3) is 0 Å². The van der Waals surface area contributed by atoms with Crippen LogP contribution in [0.3, 0.4) is 0 Å². The molecule has 1 saturated heterocycles. The van der Waals surface area contributed by atoms with Gasteiger partial charge in [-0.3, -0.25) is 4.90 Å². The first kappa shape index (κ1) is 23.6. The molecule has 0 spiro atoms. The molecule has 0 saturated carbocycles. The van der Waals surface area contributed by atoms with Crippen LogP contribution in [-0.2, 0) is 16.6 Å². The number of benzene rings is 1. The summed E-state index contributed by atoms with van der Waals surface area (Å²) in [6, 6.07) is 6.92. The van der Waals surface area contributed by atoms with Gasteiger partial charge in [0.25, 0.3) is 0 Å². The molecule has 1 aliphatic rings. The second-order valence-corrected chi connectivity index (χ2v) is 10.5. The Bertz CT molecular complexity index is 767. The molecule has 29 heavy (non-hydrogen) atoms. The van der Waals surface area contributed by atoms with Crippen LogP contribution in [-0.4, -0.2) is 69.4 Å². The molecule has 1 heterocycles. The largest absolute Gasteiger partial charge is 0.357 e. The van der Waals surface area contributed by atoms with Crippen molar-refractivity contribution in [3.8, 4) is 0 Å². The highest BCUT2D eigenvalue weighted by molar-refractivity contribution is 7.89. The van der Waals surface area contributed by atoms with E-state index in [-0.39, 0.29) is 5.54 Å². The predicted molar refractivity (Wildman–Crippen MR) is 120 cm³/mol. The Hall–Kier alpha value is -1.64. The number of rotatable bonds is 8. The van der Waals surface area contributed by atoms with Crippen molar-refractivity contribution < 1.29 is 8.42 Å². The van der Waals surface area contributed by atoms with Gasteiger partial charge in [0.15, 0.2) is 5.96 Å². The second kappa shape index (κ2) is 10.4. The van der Waals surface area contributed by atoms with E-state index in [1.807, 2.05) is 19.1 Å². The standard InChI is InChI=1S/C21H37N5O2S/c1-6-22-20(24-17-21(2,3)26-14-8-7-9-15-26)23-16-18-10-12-19(13-11-18)29(27,28)25(4)5/h10-13H,6-9,14-17H2,1-5H3,(H2,22,23,24). The number of aliphatic imine (C=N–C) groups is 1. The summed E-state index contributed by atoms with van der Waals surface area (Å²) in [6.45, 7) is 11.0. The zero-order valence-electron chi connectivity index (χ0n) is 18.5. The minimum atomic E-state index is -3.40. The normalized spacial score (nSPS) is 16.8. The zero-order valence-corrected chi connectivity index (χ0v) is 19.3. The molecule has 7 nitrogen and oxygen atoms in total. The maximum absolute atomic E-state index is 12.2. The third-order valence-electron chi connectivity index (χ3n) is 5.37. The van der Waals surface area contributed by atoms with E-state index in [4.69, 9.17) is 0 Å². The highest BCUT2D eigenvalue weighted by Gasteiger charge is 2.27. The van der Waals surface area contributed by atoms with E-state index in [9.17, 15) is 8.42 Å². The summed E-state index contributed by atoms with van der Waals surface area (Å²) in [4.78, 5) is 7.52. The van der Waals surface area contributed by atoms with Gasteiger partial charge in [-0.05, 0) is 64.4 Å². The SMILES string of the molecule is CCNC(=NCc1ccc(S(=O)(=O)N(C)C)cc1)NCC(C)(C)N1CCCCC1. The van der Waals surface area contributed by atoms with Gasteiger partial charge in [-0.1, -0.05) is 18.6 Å². The summed E-state index contributed by atoms with van der Waals surface area (Å²) < 4.78 is 25.6. The number of hydrogen-bond donors (Lipinski definition) is 2. The topological polar surface area (TPSA) is 77.0 Å². The van der Waals surface area contributed by atoms with Gasteiger partial charge in [0.05, 0.1) is 11.4 Å². The molecule has 164 valence electrons. The third-order valence-corrected chi connectivity index (χ3v) is 7.20. The van der Waals surface area contributed by atoms with Crippen LogP contribution in [0.15, 0.2) is 34.2 Å². The lowest BCUT2D eigenvalue weighted by atomic mass is 9.98. The molecule has 0 aromatic heterocycles.